The van der Waals surface area contributed by atoms with Gasteiger partial charge in [0.25, 0.3) is 11.5 Å². The van der Waals surface area contributed by atoms with Gasteiger partial charge in [0.05, 0.1) is 7.11 Å². The summed E-state index contributed by atoms with van der Waals surface area (Å²) in [7, 11) is 1.32. The van der Waals surface area contributed by atoms with Crippen LogP contribution in [0.15, 0.2) is 4.79 Å². The van der Waals surface area contributed by atoms with Gasteiger partial charge in [0.15, 0.2) is 0 Å². The first-order valence-electron chi connectivity index (χ1n) is 13.4. The van der Waals surface area contributed by atoms with Gasteiger partial charge in [-0.05, 0) is 57.3 Å². The molecule has 188 valence electrons. The summed E-state index contributed by atoms with van der Waals surface area (Å²) in [6.07, 6.45) is 14.8. The highest BCUT2D eigenvalue weighted by Crippen LogP contribution is 2.33. The Labute approximate surface area is 202 Å². The molecule has 1 aromatic heterocycles. The van der Waals surface area contributed by atoms with Gasteiger partial charge in [0, 0.05) is 17.8 Å². The second-order valence-corrected chi connectivity index (χ2v) is 10.6. The summed E-state index contributed by atoms with van der Waals surface area (Å²) in [5, 5.41) is 14.1. The number of fused-ring (bicyclic) bond motifs is 1. The summed E-state index contributed by atoms with van der Waals surface area (Å²) < 4.78 is 6.84. The molecule has 2 fully saturated rings. The van der Waals surface area contributed by atoms with Crippen LogP contribution in [-0.2, 0) is 28.9 Å². The molecule has 1 aromatic rings. The molecule has 0 spiro atoms. The number of esters is 1. The largest absolute Gasteiger partial charge is 0.507 e. The molecule has 0 unspecified atom stereocenters. The number of methoxy groups -OCH3 is 1. The first kappa shape index (κ1) is 24.8. The lowest BCUT2D eigenvalue weighted by atomic mass is 9.81. The van der Waals surface area contributed by atoms with Crippen LogP contribution >= 0.6 is 0 Å². The molecule has 0 atom stereocenters. The maximum Gasteiger partial charge on any atom is 0.331 e. The van der Waals surface area contributed by atoms with Crippen molar-refractivity contribution < 1.29 is 19.4 Å². The van der Waals surface area contributed by atoms with Gasteiger partial charge in [-0.3, -0.25) is 9.59 Å². The lowest BCUT2D eigenvalue weighted by Crippen LogP contribution is -2.57. The van der Waals surface area contributed by atoms with Crippen molar-refractivity contribution in [1.29, 1.82) is 0 Å². The second-order valence-electron chi connectivity index (χ2n) is 10.6. The molecule has 7 nitrogen and oxygen atoms in total. The molecule has 0 aliphatic heterocycles. The number of pyridine rings is 1. The van der Waals surface area contributed by atoms with E-state index in [1.165, 1.54) is 26.4 Å². The maximum absolute atomic E-state index is 13.8. The van der Waals surface area contributed by atoms with Gasteiger partial charge in [0.1, 0.15) is 16.9 Å². The number of carbonyl (C=O) groups excluding carboxylic acids is 2. The van der Waals surface area contributed by atoms with Crippen LogP contribution < -0.4 is 10.9 Å². The summed E-state index contributed by atoms with van der Waals surface area (Å²) >= 11 is 0. The Bertz CT molecular complexity index is 955. The summed E-state index contributed by atoms with van der Waals surface area (Å²) in [4.78, 5) is 40.0. The Kier molecular flexibility index (Phi) is 7.99. The van der Waals surface area contributed by atoms with Crippen LogP contribution in [0.1, 0.15) is 112 Å². The van der Waals surface area contributed by atoms with Gasteiger partial charge >= 0.3 is 5.97 Å². The molecule has 7 heteroatoms. The number of nitrogens with one attached hydrogen (secondary N) is 1. The third-order valence-electron chi connectivity index (χ3n) is 8.27. The van der Waals surface area contributed by atoms with E-state index >= 15 is 0 Å². The minimum absolute atomic E-state index is 0.185. The highest BCUT2D eigenvalue weighted by atomic mass is 16.5. The van der Waals surface area contributed by atoms with Crippen LogP contribution in [0.3, 0.4) is 0 Å². The third-order valence-corrected chi connectivity index (χ3v) is 8.27. The zero-order valence-corrected chi connectivity index (χ0v) is 20.6. The third kappa shape index (κ3) is 5.03. The first-order valence-corrected chi connectivity index (χ1v) is 13.4. The van der Waals surface area contributed by atoms with Crippen LogP contribution in [0.25, 0.3) is 0 Å². The van der Waals surface area contributed by atoms with Crippen molar-refractivity contribution in [3.63, 3.8) is 0 Å². The Balaban J connectivity index is 1.75. The standard InChI is InChI=1S/C27H40N2O5/c1-34-26(33)27(16-10-5-11-17-27)28-24(31)22-23(30)20-14-8-2-3-9-15-21(20)29(25(22)32)18-19-12-6-4-7-13-19/h19,30H,2-18H2,1H3,(H,28,31). The van der Waals surface area contributed by atoms with E-state index in [4.69, 9.17) is 4.74 Å². The van der Waals surface area contributed by atoms with Crippen molar-refractivity contribution in [3.8, 4) is 5.75 Å². The van der Waals surface area contributed by atoms with Gasteiger partial charge in [-0.25, -0.2) is 4.79 Å². The first-order chi connectivity index (χ1) is 16.5. The fourth-order valence-corrected chi connectivity index (χ4v) is 6.34. The number of aromatic nitrogens is 1. The summed E-state index contributed by atoms with van der Waals surface area (Å²) in [5.74, 6) is -0.901. The highest BCUT2D eigenvalue weighted by Gasteiger charge is 2.43. The minimum Gasteiger partial charge on any atom is -0.507 e. The normalized spacial score (nSPS) is 21.1. The fourth-order valence-electron chi connectivity index (χ4n) is 6.34. The number of carbonyl (C=O) groups is 2. The summed E-state index contributed by atoms with van der Waals surface area (Å²) in [6, 6.07) is 0. The Morgan fingerprint density at radius 3 is 2.26 bits per heavy atom. The smallest absolute Gasteiger partial charge is 0.331 e. The number of nitrogens with zero attached hydrogens (tertiary/aromatic N) is 1. The molecule has 1 amide bonds. The molecule has 1 heterocycles. The molecule has 3 aliphatic carbocycles. The zero-order valence-electron chi connectivity index (χ0n) is 20.6. The van der Waals surface area contributed by atoms with Gasteiger partial charge in [-0.2, -0.15) is 0 Å². The van der Waals surface area contributed by atoms with E-state index in [2.05, 4.69) is 5.32 Å². The van der Waals surface area contributed by atoms with E-state index in [-0.39, 0.29) is 11.3 Å². The number of hydrogen-bond acceptors (Lipinski definition) is 5. The summed E-state index contributed by atoms with van der Waals surface area (Å²) in [6.45, 7) is 0.601. The van der Waals surface area contributed by atoms with Crippen LogP contribution in [0, 0.1) is 5.92 Å². The molecule has 2 saturated carbocycles. The molecule has 3 aliphatic rings. The van der Waals surface area contributed by atoms with Crippen LogP contribution in [0.4, 0.5) is 0 Å². The second kappa shape index (κ2) is 11.0. The van der Waals surface area contributed by atoms with E-state index in [0.717, 1.165) is 75.5 Å². The van der Waals surface area contributed by atoms with Crippen LogP contribution in [0.5, 0.6) is 5.75 Å². The predicted octanol–water partition coefficient (Wildman–Crippen LogP) is 4.40. The number of ether oxygens (including phenoxy) is 1. The molecule has 0 radical (unpaired) electrons. The van der Waals surface area contributed by atoms with Gasteiger partial charge in [-0.1, -0.05) is 51.4 Å². The Morgan fingerprint density at radius 2 is 1.59 bits per heavy atom. The zero-order chi connectivity index (χ0) is 24.1. The van der Waals surface area contributed by atoms with Crippen molar-refractivity contribution in [2.45, 2.75) is 115 Å². The van der Waals surface area contributed by atoms with Crippen molar-refractivity contribution in [3.05, 3.63) is 27.2 Å². The van der Waals surface area contributed by atoms with E-state index in [1.807, 2.05) is 0 Å². The molecular weight excluding hydrogens is 432 g/mol. The monoisotopic (exact) mass is 472 g/mol. The van der Waals surface area contributed by atoms with Crippen molar-refractivity contribution in [1.82, 2.24) is 9.88 Å². The molecular formula is C27H40N2O5. The average Bonchev–Trinajstić information content (AvgIpc) is 2.83. The van der Waals surface area contributed by atoms with Gasteiger partial charge in [-0.15, -0.1) is 0 Å². The number of aromatic hydroxyl groups is 1. The predicted molar refractivity (Wildman–Crippen MR) is 130 cm³/mol. The van der Waals surface area contributed by atoms with Crippen molar-refractivity contribution in [2.24, 2.45) is 5.92 Å². The quantitative estimate of drug-likeness (QED) is 0.619. The van der Waals surface area contributed by atoms with Gasteiger partial charge < -0.3 is 19.7 Å². The molecule has 2 N–H and O–H groups in total. The average molecular weight is 473 g/mol. The van der Waals surface area contributed by atoms with Crippen molar-refractivity contribution >= 4 is 11.9 Å². The van der Waals surface area contributed by atoms with Crippen molar-refractivity contribution in [2.75, 3.05) is 7.11 Å². The van der Waals surface area contributed by atoms with E-state index in [9.17, 15) is 19.5 Å². The lowest BCUT2D eigenvalue weighted by Gasteiger charge is -2.35. The van der Waals surface area contributed by atoms with E-state index < -0.39 is 23.0 Å². The molecule has 34 heavy (non-hydrogen) atoms. The highest BCUT2D eigenvalue weighted by molar-refractivity contribution is 6.00. The van der Waals surface area contributed by atoms with E-state index in [0.29, 0.717) is 31.7 Å². The Hall–Kier alpha value is -2.31. The molecule has 0 saturated heterocycles. The topological polar surface area (TPSA) is 97.6 Å². The van der Waals surface area contributed by atoms with Crippen LogP contribution in [-0.4, -0.2) is 34.2 Å². The van der Waals surface area contributed by atoms with Crippen LogP contribution in [0.2, 0.25) is 0 Å². The lowest BCUT2D eigenvalue weighted by molar-refractivity contribution is -0.149. The van der Waals surface area contributed by atoms with Gasteiger partial charge in [0.2, 0.25) is 0 Å². The summed E-state index contributed by atoms with van der Waals surface area (Å²) in [5.41, 5.74) is -0.109. The number of hydrogen-bond donors (Lipinski definition) is 2. The maximum atomic E-state index is 13.8. The SMILES string of the molecule is COC(=O)C1(NC(=O)c2c(O)c3c(n(CC4CCCCC4)c2=O)CCCCCC3)CCCCC1. The minimum atomic E-state index is -1.14. The molecule has 0 bridgehead atoms. The Morgan fingerprint density at radius 1 is 0.971 bits per heavy atom. The number of amides is 1. The molecule has 0 aromatic carbocycles. The molecule has 4 rings (SSSR count). The fraction of sp³-hybridized carbons (Fsp3) is 0.741. The van der Waals surface area contributed by atoms with E-state index in [1.54, 1.807) is 4.57 Å². The number of rotatable bonds is 5.